The molecule has 0 bridgehead atoms. The molecule has 0 saturated heterocycles. The Bertz CT molecular complexity index is 506. The van der Waals surface area contributed by atoms with Crippen molar-refractivity contribution in [2.45, 2.75) is 44.1 Å². The van der Waals surface area contributed by atoms with Gasteiger partial charge in [-0.3, -0.25) is 4.79 Å². The lowest BCUT2D eigenvalue weighted by atomic mass is 9.95. The molecule has 1 aliphatic carbocycles. The van der Waals surface area contributed by atoms with Gasteiger partial charge < -0.3 is 11.1 Å². The molecule has 0 heterocycles. The number of carbonyl (C=O) groups excluding carboxylic acids is 1. The van der Waals surface area contributed by atoms with E-state index in [9.17, 15) is 9.18 Å². The maximum absolute atomic E-state index is 13.1. The van der Waals surface area contributed by atoms with Crippen molar-refractivity contribution in [1.82, 2.24) is 5.32 Å². The first kappa shape index (κ1) is 18.2. The van der Waals surface area contributed by atoms with Gasteiger partial charge in [-0.2, -0.15) is 0 Å². The summed E-state index contributed by atoms with van der Waals surface area (Å²) in [5, 5.41) is 3.32. The van der Waals surface area contributed by atoms with Crippen LogP contribution in [0.5, 0.6) is 0 Å². The molecule has 3 nitrogen and oxygen atoms in total. The molecule has 0 spiro atoms. The van der Waals surface area contributed by atoms with Gasteiger partial charge in [0.2, 0.25) is 5.91 Å². The minimum Gasteiger partial charge on any atom is -0.354 e. The molecule has 1 aromatic carbocycles. The van der Waals surface area contributed by atoms with Gasteiger partial charge in [-0.25, -0.2) is 4.39 Å². The summed E-state index contributed by atoms with van der Waals surface area (Å²) in [6.07, 6.45) is 3.45. The molecule has 1 amide bonds. The van der Waals surface area contributed by atoms with Crippen molar-refractivity contribution >= 4 is 29.9 Å². The molecule has 0 aromatic heterocycles. The Balaban J connectivity index is 0.00000220. The molecule has 1 aliphatic rings. The standard InChI is InChI=1S/C15H20ClFN2O.ClH/c1-2-3-13(18)14(20)19-9-15(6-7-15)11-5-4-10(17)8-12(11)16;/h4-5,8,13H,2-3,6-7,9,18H2,1H3,(H,19,20);1H. The molecule has 1 saturated carbocycles. The Hall–Kier alpha value is -0.840. The second-order valence-corrected chi connectivity index (χ2v) is 5.92. The Labute approximate surface area is 135 Å². The number of hydrogen-bond acceptors (Lipinski definition) is 2. The number of benzene rings is 1. The van der Waals surface area contributed by atoms with Crippen LogP contribution < -0.4 is 11.1 Å². The topological polar surface area (TPSA) is 55.1 Å². The van der Waals surface area contributed by atoms with Gasteiger partial charge in [0.1, 0.15) is 5.82 Å². The quantitative estimate of drug-likeness (QED) is 0.839. The third-order valence-corrected chi connectivity index (χ3v) is 4.21. The Morgan fingerprint density at radius 3 is 2.71 bits per heavy atom. The zero-order valence-corrected chi connectivity index (χ0v) is 13.6. The number of rotatable bonds is 6. The van der Waals surface area contributed by atoms with Crippen LogP contribution in [0.25, 0.3) is 0 Å². The number of halogens is 3. The van der Waals surface area contributed by atoms with Crippen LogP contribution in [-0.4, -0.2) is 18.5 Å². The lowest BCUT2D eigenvalue weighted by Crippen LogP contribution is -2.43. The minimum atomic E-state index is -0.459. The highest BCUT2D eigenvalue weighted by molar-refractivity contribution is 6.31. The Morgan fingerprint density at radius 1 is 1.52 bits per heavy atom. The van der Waals surface area contributed by atoms with Gasteiger partial charge in [-0.05, 0) is 37.0 Å². The first-order chi connectivity index (χ1) is 9.48. The Morgan fingerprint density at radius 2 is 2.19 bits per heavy atom. The van der Waals surface area contributed by atoms with E-state index in [1.165, 1.54) is 12.1 Å². The van der Waals surface area contributed by atoms with E-state index in [0.717, 1.165) is 24.8 Å². The van der Waals surface area contributed by atoms with E-state index in [2.05, 4.69) is 5.32 Å². The van der Waals surface area contributed by atoms with Crippen molar-refractivity contribution in [3.05, 3.63) is 34.6 Å². The normalized spacial score (nSPS) is 16.8. The highest BCUT2D eigenvalue weighted by Gasteiger charge is 2.45. The van der Waals surface area contributed by atoms with Crippen LogP contribution in [0.1, 0.15) is 38.2 Å². The molecule has 1 atom stereocenters. The SMILES string of the molecule is CCCC(N)C(=O)NCC1(c2ccc(F)cc2Cl)CC1.Cl. The summed E-state index contributed by atoms with van der Waals surface area (Å²) >= 11 is 6.10. The van der Waals surface area contributed by atoms with Crippen LogP contribution in [0.15, 0.2) is 18.2 Å². The summed E-state index contributed by atoms with van der Waals surface area (Å²) in [5.41, 5.74) is 6.54. The first-order valence-corrected chi connectivity index (χ1v) is 7.35. The summed E-state index contributed by atoms with van der Waals surface area (Å²) in [7, 11) is 0. The molecule has 21 heavy (non-hydrogen) atoms. The van der Waals surface area contributed by atoms with Crippen molar-refractivity contribution in [2.24, 2.45) is 5.73 Å². The van der Waals surface area contributed by atoms with Crippen LogP contribution in [0, 0.1) is 5.82 Å². The van der Waals surface area contributed by atoms with Crippen molar-refractivity contribution < 1.29 is 9.18 Å². The fourth-order valence-electron chi connectivity index (χ4n) is 2.44. The van der Waals surface area contributed by atoms with Crippen LogP contribution in [0.2, 0.25) is 5.02 Å². The predicted octanol–water partition coefficient (Wildman–Crippen LogP) is 3.18. The van der Waals surface area contributed by atoms with Crippen LogP contribution in [0.4, 0.5) is 4.39 Å². The van der Waals surface area contributed by atoms with Gasteiger partial charge in [0.25, 0.3) is 0 Å². The summed E-state index contributed by atoms with van der Waals surface area (Å²) in [5.74, 6) is -0.472. The lowest BCUT2D eigenvalue weighted by Gasteiger charge is -2.19. The fourth-order valence-corrected chi connectivity index (χ4v) is 2.81. The Kier molecular flexibility index (Phi) is 6.44. The van der Waals surface area contributed by atoms with E-state index in [1.54, 1.807) is 6.07 Å². The molecule has 0 aliphatic heterocycles. The van der Waals surface area contributed by atoms with E-state index >= 15 is 0 Å². The van der Waals surface area contributed by atoms with E-state index in [1.807, 2.05) is 6.92 Å². The average Bonchev–Trinajstić information content (AvgIpc) is 3.17. The molecule has 118 valence electrons. The summed E-state index contributed by atoms with van der Waals surface area (Å²) in [6.45, 7) is 2.50. The van der Waals surface area contributed by atoms with Gasteiger partial charge in [0.05, 0.1) is 6.04 Å². The minimum absolute atomic E-state index is 0. The molecular formula is C15H21Cl2FN2O. The molecular weight excluding hydrogens is 314 g/mol. The maximum Gasteiger partial charge on any atom is 0.236 e. The summed E-state index contributed by atoms with van der Waals surface area (Å²) in [6, 6.07) is 3.98. The average molecular weight is 335 g/mol. The first-order valence-electron chi connectivity index (χ1n) is 6.97. The fraction of sp³-hybridized carbons (Fsp3) is 0.533. The number of nitrogens with one attached hydrogen (secondary N) is 1. The van der Waals surface area contributed by atoms with Gasteiger partial charge in [0, 0.05) is 17.0 Å². The summed E-state index contributed by atoms with van der Waals surface area (Å²) < 4.78 is 13.1. The largest absolute Gasteiger partial charge is 0.354 e. The van der Waals surface area contributed by atoms with Crippen molar-refractivity contribution in [2.75, 3.05) is 6.54 Å². The highest BCUT2D eigenvalue weighted by Crippen LogP contribution is 2.50. The molecule has 1 aromatic rings. The van der Waals surface area contributed by atoms with E-state index in [4.69, 9.17) is 17.3 Å². The van der Waals surface area contributed by atoms with Gasteiger partial charge in [0.15, 0.2) is 0 Å². The van der Waals surface area contributed by atoms with Crippen molar-refractivity contribution in [1.29, 1.82) is 0 Å². The summed E-state index contributed by atoms with van der Waals surface area (Å²) in [4.78, 5) is 11.8. The van der Waals surface area contributed by atoms with E-state index < -0.39 is 6.04 Å². The highest BCUT2D eigenvalue weighted by atomic mass is 35.5. The van der Waals surface area contributed by atoms with E-state index in [0.29, 0.717) is 18.0 Å². The van der Waals surface area contributed by atoms with E-state index in [-0.39, 0.29) is 29.5 Å². The number of hydrogen-bond donors (Lipinski definition) is 2. The van der Waals surface area contributed by atoms with Crippen LogP contribution in [0.3, 0.4) is 0 Å². The zero-order valence-electron chi connectivity index (χ0n) is 12.0. The zero-order chi connectivity index (χ0) is 14.8. The molecule has 3 N–H and O–H groups in total. The van der Waals surface area contributed by atoms with Crippen LogP contribution >= 0.6 is 24.0 Å². The van der Waals surface area contributed by atoms with Gasteiger partial charge in [-0.15, -0.1) is 12.4 Å². The van der Waals surface area contributed by atoms with Gasteiger partial charge in [-0.1, -0.05) is 31.0 Å². The predicted molar refractivity (Wildman–Crippen MR) is 85.5 cm³/mol. The monoisotopic (exact) mass is 334 g/mol. The molecule has 0 radical (unpaired) electrons. The van der Waals surface area contributed by atoms with Crippen LogP contribution in [-0.2, 0) is 10.2 Å². The van der Waals surface area contributed by atoms with Crippen molar-refractivity contribution in [3.63, 3.8) is 0 Å². The molecule has 1 unspecified atom stereocenters. The molecule has 2 rings (SSSR count). The van der Waals surface area contributed by atoms with Crippen molar-refractivity contribution in [3.8, 4) is 0 Å². The molecule has 1 fully saturated rings. The number of amides is 1. The maximum atomic E-state index is 13.1. The second kappa shape index (κ2) is 7.43. The second-order valence-electron chi connectivity index (χ2n) is 5.52. The smallest absolute Gasteiger partial charge is 0.236 e. The third kappa shape index (κ3) is 4.31. The number of nitrogens with two attached hydrogens (primary N) is 1. The lowest BCUT2D eigenvalue weighted by molar-refractivity contribution is -0.122. The molecule has 6 heteroatoms. The number of carbonyl (C=O) groups is 1. The van der Waals surface area contributed by atoms with Gasteiger partial charge >= 0.3 is 0 Å². The third-order valence-electron chi connectivity index (χ3n) is 3.89.